The van der Waals surface area contributed by atoms with Crippen molar-refractivity contribution in [2.45, 2.75) is 19.3 Å². The lowest BCUT2D eigenvalue weighted by Gasteiger charge is -2.16. The van der Waals surface area contributed by atoms with E-state index in [-0.39, 0.29) is 17.7 Å². The van der Waals surface area contributed by atoms with Crippen LogP contribution in [0.3, 0.4) is 0 Å². The number of anilines is 1. The molecule has 0 saturated carbocycles. The number of allylic oxidation sites excluding steroid dienone is 4. The summed E-state index contributed by atoms with van der Waals surface area (Å²) < 4.78 is 2.15. The van der Waals surface area contributed by atoms with Crippen LogP contribution in [-0.4, -0.2) is 16.4 Å². The van der Waals surface area contributed by atoms with Gasteiger partial charge in [-0.15, -0.1) is 0 Å². The lowest BCUT2D eigenvalue weighted by Crippen LogP contribution is -2.29. The summed E-state index contributed by atoms with van der Waals surface area (Å²) in [6, 6.07) is 32.1. The standard InChI is InChI=1S/C37H25N3O2/c38-22-25-18-24-9-6-8-23-16-17-33(34-31(21-23)36(41)39(37(34)42)27-10-2-1-3-11-27)40-32-15-5-4-12-29(32)30-14-7-13-28(35(30)40)26(19-24)20-25/h1-5,7,10-21,23H,6,8-9H2. The summed E-state index contributed by atoms with van der Waals surface area (Å²) in [5.74, 6) is -0.627. The molecule has 3 heterocycles. The average Bonchev–Trinajstić information content (AvgIpc) is 3.39. The molecule has 200 valence electrons. The fourth-order valence-corrected chi connectivity index (χ4v) is 6.79. The molecule has 4 aromatic carbocycles. The van der Waals surface area contributed by atoms with Crippen LogP contribution in [0.25, 0.3) is 38.6 Å². The Kier molecular flexibility index (Phi) is 5.38. The van der Waals surface area contributed by atoms with Gasteiger partial charge in [-0.25, -0.2) is 4.90 Å². The van der Waals surface area contributed by atoms with Crippen molar-refractivity contribution in [2.75, 3.05) is 4.90 Å². The third kappa shape index (κ3) is 3.55. The lowest BCUT2D eigenvalue weighted by molar-refractivity contribution is -0.119. The summed E-state index contributed by atoms with van der Waals surface area (Å²) in [5, 5.41) is 12.0. The molecule has 5 aromatic rings. The number of para-hydroxylation sites is 3. The fraction of sp³-hybridized carbons (Fsp3) is 0.108. The van der Waals surface area contributed by atoms with Crippen LogP contribution >= 0.6 is 0 Å². The highest BCUT2D eigenvalue weighted by molar-refractivity contribution is 6.39. The summed E-state index contributed by atoms with van der Waals surface area (Å²) in [6.45, 7) is 0. The number of nitrogens with zero attached hydrogens (tertiary/aromatic N) is 3. The molecule has 1 aromatic heterocycles. The third-order valence-electron chi connectivity index (χ3n) is 8.64. The molecule has 0 radical (unpaired) electrons. The number of amides is 2. The van der Waals surface area contributed by atoms with Gasteiger partial charge in [-0.3, -0.25) is 9.59 Å². The number of imide groups is 1. The molecule has 1 aliphatic carbocycles. The monoisotopic (exact) mass is 543 g/mol. The number of benzene rings is 4. The van der Waals surface area contributed by atoms with Crippen LogP contribution in [-0.2, 0) is 16.0 Å². The number of aromatic nitrogens is 1. The Morgan fingerprint density at radius 2 is 1.64 bits per heavy atom. The highest BCUT2D eigenvalue weighted by Gasteiger charge is 2.43. The number of rotatable bonds is 1. The normalized spacial score (nSPS) is 17.9. The van der Waals surface area contributed by atoms with Gasteiger partial charge in [0.1, 0.15) is 0 Å². The topological polar surface area (TPSA) is 66.1 Å². The van der Waals surface area contributed by atoms with Gasteiger partial charge in [0, 0.05) is 16.3 Å². The molecule has 0 spiro atoms. The molecule has 3 aliphatic rings. The molecule has 2 amide bonds. The first kappa shape index (κ1) is 24.3. The Balaban J connectivity index is 1.52. The van der Waals surface area contributed by atoms with E-state index >= 15 is 0 Å². The Bertz CT molecular complexity index is 2120. The van der Waals surface area contributed by atoms with Gasteiger partial charge in [0.25, 0.3) is 11.8 Å². The van der Waals surface area contributed by atoms with Crippen molar-refractivity contribution < 1.29 is 9.59 Å². The molecule has 5 nitrogen and oxygen atoms in total. The number of nitriles is 1. The van der Waals surface area contributed by atoms with E-state index in [0.29, 0.717) is 28.1 Å². The first-order valence-corrected chi connectivity index (χ1v) is 14.3. The number of carbonyl (C=O) groups is 2. The molecule has 42 heavy (non-hydrogen) atoms. The lowest BCUT2D eigenvalue weighted by atomic mass is 9.93. The molecule has 1 atom stereocenters. The summed E-state index contributed by atoms with van der Waals surface area (Å²) in [7, 11) is 0. The molecule has 1 saturated heterocycles. The number of aryl methyl sites for hydroxylation is 1. The number of hydrogen-bond donors (Lipinski definition) is 0. The van der Waals surface area contributed by atoms with Crippen molar-refractivity contribution in [1.29, 1.82) is 5.26 Å². The molecule has 2 aliphatic heterocycles. The van der Waals surface area contributed by atoms with Crippen molar-refractivity contribution in [3.8, 4) is 17.2 Å². The first-order valence-electron chi connectivity index (χ1n) is 14.3. The van der Waals surface area contributed by atoms with Crippen LogP contribution in [0, 0.1) is 17.2 Å². The highest BCUT2D eigenvalue weighted by atomic mass is 16.2. The average molecular weight is 544 g/mol. The molecular formula is C37H25N3O2. The summed E-state index contributed by atoms with van der Waals surface area (Å²) >= 11 is 0. The number of carbonyl (C=O) groups excluding carboxylic acids is 2. The fourth-order valence-electron chi connectivity index (χ4n) is 6.79. The van der Waals surface area contributed by atoms with E-state index in [9.17, 15) is 14.9 Å². The van der Waals surface area contributed by atoms with Gasteiger partial charge < -0.3 is 4.57 Å². The van der Waals surface area contributed by atoms with Gasteiger partial charge in [0.15, 0.2) is 0 Å². The molecule has 1 unspecified atom stereocenters. The molecule has 0 N–H and O–H groups in total. The maximum atomic E-state index is 14.3. The van der Waals surface area contributed by atoms with Gasteiger partial charge >= 0.3 is 0 Å². The molecular weight excluding hydrogens is 518 g/mol. The SMILES string of the molecule is N#Cc1cc2cc(c1)-c1cccc3c4ccccc4n(c13)C1=C3C(=O)N(c4ccccc4)C(=O)C3=CC(C=C1)CCC2. The van der Waals surface area contributed by atoms with Gasteiger partial charge in [0.2, 0.25) is 0 Å². The van der Waals surface area contributed by atoms with Crippen molar-refractivity contribution >= 4 is 45.0 Å². The zero-order valence-electron chi connectivity index (χ0n) is 22.7. The van der Waals surface area contributed by atoms with Gasteiger partial charge in [-0.05, 0) is 72.7 Å². The van der Waals surface area contributed by atoms with E-state index in [4.69, 9.17) is 0 Å². The molecule has 5 heteroatoms. The minimum Gasteiger partial charge on any atom is -0.308 e. The van der Waals surface area contributed by atoms with Crippen LogP contribution in [0.5, 0.6) is 0 Å². The van der Waals surface area contributed by atoms with Crippen LogP contribution in [0.4, 0.5) is 5.69 Å². The Morgan fingerprint density at radius 3 is 2.50 bits per heavy atom. The summed E-state index contributed by atoms with van der Waals surface area (Å²) in [5.41, 5.74) is 7.73. The second-order valence-corrected chi connectivity index (χ2v) is 11.1. The minimum absolute atomic E-state index is 0.0214. The molecule has 1 fully saturated rings. The van der Waals surface area contributed by atoms with E-state index < -0.39 is 0 Å². The maximum Gasteiger partial charge on any atom is 0.268 e. The third-order valence-corrected chi connectivity index (χ3v) is 8.64. The molecule has 8 rings (SSSR count). The van der Waals surface area contributed by atoms with Crippen molar-refractivity contribution in [2.24, 2.45) is 5.92 Å². The summed E-state index contributed by atoms with van der Waals surface area (Å²) in [4.78, 5) is 29.7. The second-order valence-electron chi connectivity index (χ2n) is 11.1. The molecule has 4 bridgehead atoms. The van der Waals surface area contributed by atoms with Gasteiger partial charge in [0.05, 0.1) is 45.2 Å². The summed E-state index contributed by atoms with van der Waals surface area (Å²) in [6.07, 6.45) is 8.67. The van der Waals surface area contributed by atoms with Crippen LogP contribution < -0.4 is 4.90 Å². The van der Waals surface area contributed by atoms with Crippen molar-refractivity contribution in [3.05, 3.63) is 131 Å². The van der Waals surface area contributed by atoms with Gasteiger partial charge in [-0.1, -0.05) is 72.8 Å². The van der Waals surface area contributed by atoms with Crippen LogP contribution in [0.15, 0.2) is 120 Å². The smallest absolute Gasteiger partial charge is 0.268 e. The van der Waals surface area contributed by atoms with Gasteiger partial charge in [-0.2, -0.15) is 5.26 Å². The van der Waals surface area contributed by atoms with E-state index in [1.807, 2.05) is 54.6 Å². The largest absolute Gasteiger partial charge is 0.308 e. The predicted octanol–water partition coefficient (Wildman–Crippen LogP) is 7.57. The number of fused-ring (bicyclic) bond motifs is 10. The second kappa shape index (κ2) is 9.29. The zero-order chi connectivity index (χ0) is 28.4. The highest BCUT2D eigenvalue weighted by Crippen LogP contribution is 2.43. The first-order chi connectivity index (χ1) is 20.6. The van der Waals surface area contributed by atoms with E-state index in [1.54, 1.807) is 12.1 Å². The van der Waals surface area contributed by atoms with Crippen molar-refractivity contribution in [1.82, 2.24) is 4.57 Å². The number of hydrogen-bond acceptors (Lipinski definition) is 3. The van der Waals surface area contributed by atoms with E-state index in [2.05, 4.69) is 53.1 Å². The van der Waals surface area contributed by atoms with E-state index in [1.165, 1.54) is 4.90 Å². The minimum atomic E-state index is -0.318. The predicted molar refractivity (Wildman–Crippen MR) is 165 cm³/mol. The Morgan fingerprint density at radius 1 is 0.833 bits per heavy atom. The van der Waals surface area contributed by atoms with Crippen molar-refractivity contribution in [3.63, 3.8) is 0 Å². The van der Waals surface area contributed by atoms with E-state index in [0.717, 1.165) is 57.8 Å². The van der Waals surface area contributed by atoms with Crippen LogP contribution in [0.1, 0.15) is 24.0 Å². The van der Waals surface area contributed by atoms with Crippen LogP contribution in [0.2, 0.25) is 0 Å². The quantitative estimate of drug-likeness (QED) is 0.205. The Labute approximate surface area is 242 Å². The zero-order valence-corrected chi connectivity index (χ0v) is 22.7. The Hall–Kier alpha value is -5.47. The maximum absolute atomic E-state index is 14.3.